The van der Waals surface area contributed by atoms with Crippen LogP contribution in [-0.4, -0.2) is 151 Å². The second-order valence-corrected chi connectivity index (χ2v) is 27.4. The molecule has 1 atom stereocenters. The summed E-state index contributed by atoms with van der Waals surface area (Å²) in [6.45, 7) is 14.6. The van der Waals surface area contributed by atoms with Crippen LogP contribution < -0.4 is 25.0 Å². The molecule has 1 unspecified atom stereocenters. The molecule has 1 aliphatic carbocycles. The van der Waals surface area contributed by atoms with Gasteiger partial charge in [-0.1, -0.05) is 61.1 Å². The van der Waals surface area contributed by atoms with Crippen molar-refractivity contribution in [3.05, 3.63) is 152 Å². The van der Waals surface area contributed by atoms with Crippen LogP contribution in [0.3, 0.4) is 0 Å². The maximum Gasteiger partial charge on any atom is 0.293 e. The first-order valence-electron chi connectivity index (χ1n) is 30.9. The number of nitro benzene ring substituents is 1. The monoisotopic (exact) mass is 1240 g/mol. The Morgan fingerprint density at radius 3 is 2.39 bits per heavy atom. The molecule has 0 radical (unpaired) electrons. The third kappa shape index (κ3) is 14.2. The van der Waals surface area contributed by atoms with Crippen molar-refractivity contribution in [2.45, 2.75) is 89.1 Å². The van der Waals surface area contributed by atoms with Crippen molar-refractivity contribution in [1.29, 1.82) is 0 Å². The Labute approximate surface area is 523 Å². The fourth-order valence-electron chi connectivity index (χ4n) is 13.5. The van der Waals surface area contributed by atoms with Crippen molar-refractivity contribution >= 4 is 78.9 Å². The maximum atomic E-state index is 14.2. The first-order valence-corrected chi connectivity index (χ1v) is 32.7. The fraction of sp³-hybridized carbons (Fsp3) is 0.418. The van der Waals surface area contributed by atoms with E-state index in [0.717, 1.165) is 131 Å². The second kappa shape index (κ2) is 26.1. The minimum atomic E-state index is -4.62. The molecule has 0 saturated carbocycles. The zero-order valence-corrected chi connectivity index (χ0v) is 51.8. The number of allylic oxidation sites excluding steroid dienone is 1. The molecule has 0 bridgehead atoms. The number of benzene rings is 4. The third-order valence-corrected chi connectivity index (χ3v) is 20.2. The van der Waals surface area contributed by atoms with Crippen LogP contribution in [-0.2, 0) is 26.2 Å². The molecule has 4 saturated heterocycles. The van der Waals surface area contributed by atoms with Gasteiger partial charge >= 0.3 is 0 Å². The van der Waals surface area contributed by atoms with E-state index in [1.165, 1.54) is 35.0 Å². The van der Waals surface area contributed by atoms with E-state index in [2.05, 4.69) is 82.7 Å². The number of ether oxygens (including phenoxy) is 1. The summed E-state index contributed by atoms with van der Waals surface area (Å²) in [5.74, 6) is 5.95. The summed E-state index contributed by atoms with van der Waals surface area (Å²) in [7, 11) is -4.62. The summed E-state index contributed by atoms with van der Waals surface area (Å²) in [6.07, 6.45) is 10.9. The molecule has 22 heteroatoms. The molecule has 2 aromatic heterocycles. The summed E-state index contributed by atoms with van der Waals surface area (Å²) in [4.78, 5) is 81.9. The molecule has 4 amide bonds. The lowest BCUT2D eigenvalue weighted by molar-refractivity contribution is -0.384. The Bertz CT molecular complexity index is 3930. The predicted molar refractivity (Wildman–Crippen MR) is 341 cm³/mol. The average Bonchev–Trinajstić information content (AvgIpc) is 2.52. The summed E-state index contributed by atoms with van der Waals surface area (Å²) >= 11 is 6.28. The number of aromatic amines is 1. The van der Waals surface area contributed by atoms with E-state index in [9.17, 15) is 37.7 Å². The lowest BCUT2D eigenvalue weighted by atomic mass is 9.72. The number of nitrogens with one attached hydrogen (secondary N) is 4. The number of H-pyrrole nitrogens is 1. The van der Waals surface area contributed by atoms with Crippen LogP contribution in [0.5, 0.6) is 11.5 Å². The highest BCUT2D eigenvalue weighted by molar-refractivity contribution is 7.90. The number of rotatable bonds is 17. The van der Waals surface area contributed by atoms with E-state index in [0.29, 0.717) is 55.5 Å². The molecule has 4 fully saturated rings. The van der Waals surface area contributed by atoms with E-state index < -0.39 is 43.4 Å². The number of hydrogen-bond acceptors (Lipinski definition) is 15. The highest BCUT2D eigenvalue weighted by atomic mass is 35.5. The van der Waals surface area contributed by atoms with E-state index in [1.807, 2.05) is 30.3 Å². The summed E-state index contributed by atoms with van der Waals surface area (Å²) in [6, 6.07) is 25.3. The quantitative estimate of drug-likeness (QED) is 0.0288. The SMILES string of the molecule is CC1(C)CCC(CN2CCN(c3ccc(C(=O)NS(=O)(=O)c4ccc(NCC5CCN(CC6CCN(CC#Cc7cccc8c7CN(C7CCC(=O)NC7=O)C8=O)CC6)CC5)c([N+](=O)[O-])c4)c(Oc4cnc5[nH]ccc5c4)c3)CC2)=C(c2ccc(Cl)cc2)C1. The number of imide groups is 1. The number of anilines is 2. The van der Waals surface area contributed by atoms with Crippen LogP contribution in [0.2, 0.25) is 5.02 Å². The number of piperazine rings is 1. The number of sulfonamides is 1. The Hall–Kier alpha value is -8.13. The summed E-state index contributed by atoms with van der Waals surface area (Å²) < 4.78 is 36.6. The number of nitro groups is 1. The van der Waals surface area contributed by atoms with Crippen molar-refractivity contribution < 1.29 is 37.3 Å². The van der Waals surface area contributed by atoms with Gasteiger partial charge in [0.15, 0.2) is 0 Å². The number of amides is 4. The summed E-state index contributed by atoms with van der Waals surface area (Å²) in [5.41, 5.74) is 7.61. The second-order valence-electron chi connectivity index (χ2n) is 25.3. The Kier molecular flexibility index (Phi) is 18.0. The first-order chi connectivity index (χ1) is 42.9. The van der Waals surface area contributed by atoms with E-state index in [1.54, 1.807) is 41.4 Å². The van der Waals surface area contributed by atoms with Gasteiger partial charge in [0.05, 0.1) is 28.1 Å². The number of fused-ring (bicyclic) bond motifs is 2. The largest absolute Gasteiger partial charge is 0.455 e. The molecule has 4 aromatic carbocycles. The third-order valence-electron chi connectivity index (χ3n) is 18.7. The lowest BCUT2D eigenvalue weighted by Crippen LogP contribution is -2.52. The average molecular weight is 1240 g/mol. The van der Waals surface area contributed by atoms with Crippen molar-refractivity contribution in [2.24, 2.45) is 17.3 Å². The van der Waals surface area contributed by atoms with Gasteiger partial charge in [-0.2, -0.15) is 0 Å². The summed E-state index contributed by atoms with van der Waals surface area (Å²) in [5, 5.41) is 19.6. The number of aromatic nitrogens is 2. The smallest absolute Gasteiger partial charge is 0.293 e. The lowest BCUT2D eigenvalue weighted by Gasteiger charge is -2.39. The molecule has 6 aliphatic rings. The van der Waals surface area contributed by atoms with E-state index in [4.69, 9.17) is 16.3 Å². The molecular formula is C67H74ClN11O9S. The van der Waals surface area contributed by atoms with Gasteiger partial charge in [-0.3, -0.25) is 44.4 Å². The molecular weight excluding hydrogens is 1170 g/mol. The van der Waals surface area contributed by atoms with Gasteiger partial charge in [0, 0.05) is 104 Å². The highest BCUT2D eigenvalue weighted by Gasteiger charge is 2.40. The van der Waals surface area contributed by atoms with E-state index in [-0.39, 0.29) is 53.1 Å². The van der Waals surface area contributed by atoms with Crippen molar-refractivity contribution in [3.63, 3.8) is 0 Å². The molecule has 5 aliphatic heterocycles. The van der Waals surface area contributed by atoms with Crippen LogP contribution in [0.4, 0.5) is 17.1 Å². The van der Waals surface area contributed by atoms with Gasteiger partial charge in [-0.05, 0) is 172 Å². The van der Waals surface area contributed by atoms with Gasteiger partial charge < -0.3 is 29.7 Å². The molecule has 12 rings (SSSR count). The van der Waals surface area contributed by atoms with Gasteiger partial charge in [0.25, 0.3) is 27.5 Å². The van der Waals surface area contributed by atoms with Crippen molar-refractivity contribution in [2.75, 3.05) is 88.8 Å². The fourth-order valence-corrected chi connectivity index (χ4v) is 14.6. The number of hydrogen-bond donors (Lipinski definition) is 4. The zero-order valence-electron chi connectivity index (χ0n) is 50.2. The van der Waals surface area contributed by atoms with Gasteiger partial charge in [0.2, 0.25) is 11.8 Å². The van der Waals surface area contributed by atoms with Crippen LogP contribution in [0.25, 0.3) is 16.6 Å². The minimum absolute atomic E-state index is 0.0493. The van der Waals surface area contributed by atoms with Crippen LogP contribution >= 0.6 is 11.6 Å². The first kappa shape index (κ1) is 61.1. The molecule has 20 nitrogen and oxygen atoms in total. The number of nitrogens with zero attached hydrogens (tertiary/aromatic N) is 7. The maximum absolute atomic E-state index is 14.2. The zero-order chi connectivity index (χ0) is 62.0. The Morgan fingerprint density at radius 2 is 1.63 bits per heavy atom. The highest BCUT2D eigenvalue weighted by Crippen LogP contribution is 2.44. The molecule has 0 spiro atoms. The van der Waals surface area contributed by atoms with E-state index >= 15 is 0 Å². The molecule has 89 heavy (non-hydrogen) atoms. The Balaban J connectivity index is 0.629. The number of piperidine rings is 3. The normalized spacial score (nSPS) is 19.9. The van der Waals surface area contributed by atoms with Crippen molar-refractivity contribution in [3.8, 4) is 23.3 Å². The molecule has 6 aromatic rings. The van der Waals surface area contributed by atoms with Crippen LogP contribution in [0.1, 0.15) is 109 Å². The topological polar surface area (TPSA) is 236 Å². The number of carbonyl (C=O) groups excluding carboxylic acids is 4. The van der Waals surface area contributed by atoms with Gasteiger partial charge in [0.1, 0.15) is 28.9 Å². The van der Waals surface area contributed by atoms with Crippen LogP contribution in [0, 0.1) is 39.2 Å². The molecule has 464 valence electrons. The van der Waals surface area contributed by atoms with Gasteiger partial charge in [-0.15, -0.1) is 0 Å². The minimum Gasteiger partial charge on any atom is -0.455 e. The number of likely N-dealkylation sites (tertiary alicyclic amines) is 2. The standard InChI is InChI=1S/C67H74ClN11O9S/c1-67(2)24-18-49(56(38-67)47-8-10-50(68)11-9-47)42-76-31-33-77(34-32-76)51-12-14-55(61(36-51)88-52-35-48-19-25-69-63(48)71-40-52)64(81)73-89(86,87)53-13-15-58(60(37-53)79(84)85)70-39-44-20-29-75(30-21-44)41-45-22-27-74(28-23-45)26-4-6-46-5-3-7-54-57(46)43-78(66(54)83)59-16-17-62(80)72-65(59)82/h3,5,7-15,19,25,35-37,40,44-45,59,70H,16-18,20-24,26-34,38-39,41-43H2,1-2H3,(H,69,71)(H,73,81)(H,72,80,82). The number of carbonyl (C=O) groups is 4. The Morgan fingerprint density at radius 1 is 0.865 bits per heavy atom. The molecule has 7 heterocycles. The molecule has 4 N–H and O–H groups in total. The number of halogens is 1. The van der Waals surface area contributed by atoms with Gasteiger partial charge in [-0.25, -0.2) is 18.1 Å². The van der Waals surface area contributed by atoms with Crippen molar-refractivity contribution in [1.82, 2.24) is 39.6 Å². The predicted octanol–water partition coefficient (Wildman–Crippen LogP) is 9.47. The number of pyridine rings is 1. The van der Waals surface area contributed by atoms with Crippen LogP contribution in [0.15, 0.2) is 114 Å².